The van der Waals surface area contributed by atoms with Crippen LogP contribution in [0.4, 0.5) is 0 Å². The van der Waals surface area contributed by atoms with Crippen LogP contribution in [0.15, 0.2) is 12.2 Å². The molecule has 0 aromatic carbocycles. The number of aliphatic hydroxyl groups is 1. The molecule has 29 heavy (non-hydrogen) atoms. The van der Waals surface area contributed by atoms with Crippen LogP contribution in [-0.2, 0) is 23.9 Å². The fourth-order valence-electron chi connectivity index (χ4n) is 3.59. The highest BCUT2D eigenvalue weighted by Crippen LogP contribution is 2.46. The first kappa shape index (κ1) is 24.8. The summed E-state index contributed by atoms with van der Waals surface area (Å²) in [6, 6.07) is 0. The fraction of sp³-hybridized carbons (Fsp3) is 0.700. The van der Waals surface area contributed by atoms with Crippen molar-refractivity contribution in [1.82, 2.24) is 0 Å². The average molecular weight is 414 g/mol. The highest BCUT2D eigenvalue weighted by Gasteiger charge is 2.61. The van der Waals surface area contributed by atoms with Crippen LogP contribution in [0.3, 0.4) is 0 Å². The van der Waals surface area contributed by atoms with Crippen LogP contribution in [0.1, 0.15) is 46.5 Å². The molecule has 0 radical (unpaired) electrons. The number of unbranched alkanes of at least 4 members (excludes halogenated alkanes) is 1. The van der Waals surface area contributed by atoms with Crippen molar-refractivity contribution in [3.05, 3.63) is 12.2 Å². The minimum atomic E-state index is -2.22. The number of rotatable bonds is 12. The van der Waals surface area contributed by atoms with E-state index in [1.165, 1.54) is 12.2 Å². The molecular weight excluding hydrogens is 384 g/mol. The van der Waals surface area contributed by atoms with Gasteiger partial charge in [0.2, 0.25) is 0 Å². The summed E-state index contributed by atoms with van der Waals surface area (Å²) >= 11 is 0. The van der Waals surface area contributed by atoms with E-state index in [-0.39, 0.29) is 6.42 Å². The maximum atomic E-state index is 12.7. The average Bonchev–Trinajstić information content (AvgIpc) is 2.91. The van der Waals surface area contributed by atoms with E-state index in [9.17, 15) is 34.5 Å². The molecule has 0 amide bonds. The summed E-state index contributed by atoms with van der Waals surface area (Å²) in [5.41, 5.74) is -2.71. The predicted molar refractivity (Wildman–Crippen MR) is 101 cm³/mol. The maximum absolute atomic E-state index is 12.7. The lowest BCUT2D eigenvalue weighted by Crippen LogP contribution is -2.46. The van der Waals surface area contributed by atoms with Crippen LogP contribution in [0.5, 0.6) is 0 Å². The lowest BCUT2D eigenvalue weighted by molar-refractivity contribution is -0.164. The first-order valence-electron chi connectivity index (χ1n) is 9.56. The van der Waals surface area contributed by atoms with Gasteiger partial charge in [0, 0.05) is 5.92 Å². The molecule has 164 valence electrons. The zero-order chi connectivity index (χ0) is 22.4. The van der Waals surface area contributed by atoms with Gasteiger partial charge in [0.25, 0.3) is 0 Å². The smallest absolute Gasteiger partial charge is 0.329 e. The van der Waals surface area contributed by atoms with Gasteiger partial charge in [-0.25, -0.2) is 4.79 Å². The molecule has 4 unspecified atom stereocenters. The van der Waals surface area contributed by atoms with Gasteiger partial charge in [-0.15, -0.1) is 0 Å². The van der Waals surface area contributed by atoms with Crippen molar-refractivity contribution in [1.29, 1.82) is 0 Å². The van der Waals surface area contributed by atoms with E-state index in [1.54, 1.807) is 0 Å². The number of allylic oxidation sites excluding steroid dienone is 1. The number of aliphatic hydroxyl groups excluding tert-OH is 1. The second-order valence-electron chi connectivity index (χ2n) is 8.18. The van der Waals surface area contributed by atoms with Crippen LogP contribution in [0, 0.1) is 22.7 Å². The Morgan fingerprint density at radius 3 is 2.38 bits per heavy atom. The zero-order valence-electron chi connectivity index (χ0n) is 17.0. The van der Waals surface area contributed by atoms with Crippen LogP contribution in [0.2, 0.25) is 0 Å². The van der Waals surface area contributed by atoms with Gasteiger partial charge in [0.15, 0.2) is 11.2 Å². The van der Waals surface area contributed by atoms with Crippen molar-refractivity contribution in [2.45, 2.75) is 52.6 Å². The summed E-state index contributed by atoms with van der Waals surface area (Å²) in [6.45, 7) is 4.16. The molecule has 1 saturated carbocycles. The van der Waals surface area contributed by atoms with Crippen molar-refractivity contribution in [3.8, 4) is 0 Å². The molecule has 9 nitrogen and oxygen atoms in total. The first-order chi connectivity index (χ1) is 13.4. The summed E-state index contributed by atoms with van der Waals surface area (Å²) in [4.78, 5) is 46.9. The molecule has 9 heteroatoms. The summed E-state index contributed by atoms with van der Waals surface area (Å²) in [6.07, 6.45) is 4.12. The van der Waals surface area contributed by atoms with Crippen molar-refractivity contribution >= 4 is 23.7 Å². The second-order valence-corrected chi connectivity index (χ2v) is 8.18. The molecule has 0 aromatic rings. The van der Waals surface area contributed by atoms with Gasteiger partial charge >= 0.3 is 17.9 Å². The maximum Gasteiger partial charge on any atom is 0.329 e. The number of aliphatic carboxylic acids is 3. The topological polar surface area (TPSA) is 158 Å². The Balaban J connectivity index is 3.20. The van der Waals surface area contributed by atoms with Crippen molar-refractivity contribution < 1.29 is 44.3 Å². The molecular formula is C20H30O9. The second kappa shape index (κ2) is 9.98. The van der Waals surface area contributed by atoms with E-state index in [4.69, 9.17) is 9.84 Å². The molecule has 0 saturated heterocycles. The molecule has 0 spiro atoms. The van der Waals surface area contributed by atoms with Gasteiger partial charge in [-0.3, -0.25) is 14.4 Å². The Morgan fingerprint density at radius 1 is 1.28 bits per heavy atom. The van der Waals surface area contributed by atoms with Crippen molar-refractivity contribution in [2.75, 3.05) is 13.2 Å². The Morgan fingerprint density at radius 2 is 1.90 bits per heavy atom. The van der Waals surface area contributed by atoms with Gasteiger partial charge < -0.3 is 25.2 Å². The highest BCUT2D eigenvalue weighted by atomic mass is 16.5. The Bertz CT molecular complexity index is 667. The van der Waals surface area contributed by atoms with E-state index in [1.807, 2.05) is 20.8 Å². The number of hydrogen-bond acceptors (Lipinski definition) is 6. The molecule has 1 aliphatic rings. The first-order valence-corrected chi connectivity index (χ1v) is 9.56. The molecule has 1 fully saturated rings. The third-order valence-corrected chi connectivity index (χ3v) is 5.61. The molecule has 4 atom stereocenters. The van der Waals surface area contributed by atoms with Crippen LogP contribution in [0.25, 0.3) is 0 Å². The number of carboxylic acid groups (broad SMARTS) is 3. The molecule has 0 aliphatic heterocycles. The van der Waals surface area contributed by atoms with Crippen molar-refractivity contribution in [2.24, 2.45) is 22.7 Å². The van der Waals surface area contributed by atoms with Gasteiger partial charge in [0.1, 0.15) is 12.5 Å². The Kier molecular flexibility index (Phi) is 8.52. The van der Waals surface area contributed by atoms with Gasteiger partial charge in [0.05, 0.1) is 12.7 Å². The standard InChI is InChI=1S/C20H30O9/c1-4-5-8-19(2,3)14(21)7-6-12-9-13(17(25)26)16(24)20(12,18(27)28)11-29-10-15(22)23/h6-7,12-14,21H,4-5,8-11H2,1-3H3,(H,22,23)(H,25,26)(H,27,28)/b7-6+. The molecule has 0 aromatic heterocycles. The van der Waals surface area contributed by atoms with Crippen LogP contribution < -0.4 is 0 Å². The van der Waals surface area contributed by atoms with Gasteiger partial charge in [-0.1, -0.05) is 45.8 Å². The van der Waals surface area contributed by atoms with Crippen molar-refractivity contribution in [3.63, 3.8) is 0 Å². The lowest BCUT2D eigenvalue weighted by atomic mass is 9.76. The number of Topliss-reactive ketones (excluding diaryl/α,β-unsaturated/α-hetero) is 1. The zero-order valence-corrected chi connectivity index (χ0v) is 17.0. The van der Waals surface area contributed by atoms with E-state index >= 15 is 0 Å². The normalized spacial score (nSPS) is 26.0. The molecule has 0 bridgehead atoms. The Labute approximate surface area is 169 Å². The van der Waals surface area contributed by atoms with Crippen LogP contribution >= 0.6 is 0 Å². The summed E-state index contributed by atoms with van der Waals surface area (Å²) in [5, 5.41) is 38.3. The quantitative estimate of drug-likeness (QED) is 0.275. The summed E-state index contributed by atoms with van der Waals surface area (Å²) < 4.78 is 4.91. The fourth-order valence-corrected chi connectivity index (χ4v) is 3.59. The summed E-state index contributed by atoms with van der Waals surface area (Å²) in [5.74, 6) is -7.99. The van der Waals surface area contributed by atoms with Gasteiger partial charge in [-0.05, 0) is 18.3 Å². The van der Waals surface area contributed by atoms with E-state index in [0.717, 1.165) is 19.3 Å². The number of ketones is 1. The Hall–Kier alpha value is -2.26. The lowest BCUT2D eigenvalue weighted by Gasteiger charge is -2.30. The third kappa shape index (κ3) is 5.63. The number of carbonyl (C=O) groups is 4. The minimum Gasteiger partial charge on any atom is -0.481 e. The third-order valence-electron chi connectivity index (χ3n) is 5.61. The molecule has 1 rings (SSSR count). The summed E-state index contributed by atoms with van der Waals surface area (Å²) in [7, 11) is 0. The SMILES string of the molecule is CCCCC(C)(C)C(O)/C=C/C1CC(C(=O)O)C(=O)C1(COCC(=O)O)C(=O)O. The molecule has 0 heterocycles. The number of ether oxygens (including phenoxy) is 1. The largest absolute Gasteiger partial charge is 0.481 e. The number of hydrogen-bond donors (Lipinski definition) is 4. The highest BCUT2D eigenvalue weighted by molar-refractivity contribution is 6.13. The molecule has 4 N–H and O–H groups in total. The van der Waals surface area contributed by atoms with Crippen LogP contribution in [-0.4, -0.2) is 63.4 Å². The van der Waals surface area contributed by atoms with Gasteiger partial charge in [-0.2, -0.15) is 0 Å². The van der Waals surface area contributed by atoms with E-state index < -0.39 is 65.7 Å². The van der Waals surface area contributed by atoms with E-state index in [0.29, 0.717) is 0 Å². The molecule has 1 aliphatic carbocycles. The van der Waals surface area contributed by atoms with E-state index in [2.05, 4.69) is 0 Å². The number of carboxylic acids is 3. The number of carbonyl (C=O) groups excluding carboxylic acids is 1. The monoisotopic (exact) mass is 414 g/mol. The predicted octanol–water partition coefficient (Wildman–Crippen LogP) is 1.58. The minimum absolute atomic E-state index is 0.268.